The number of aliphatic hydroxyl groups excluding tert-OH is 3. The molecule has 0 amide bonds. The first-order chi connectivity index (χ1) is 25.5. The standard InChI is InChI=1S/C43H58O10/c1-26(2)40-21-31(24-48-22-29-16-10-7-11-17-29)43(53-52-40)34-37(40)50-32(45)20-14-6-5-9-15-27(3)33-28(4)36(49-23-30-18-12-8-13-19-30)42(47,35(33)43)39(46)41(25-44)38(34)51-41/h7-8,10-13,16-19,27-28,31-39,44-47H,1,5-6,9,14-15,20-25H2,2-4H3/t27-,28+,31+,32+,33+,34-,35-,36+,37-,38+,39-,40?,41+,42-,43-/m1/s1. The molecular weight excluding hydrogens is 676 g/mol. The number of aliphatic hydroxyl groups is 4. The summed E-state index contributed by atoms with van der Waals surface area (Å²) >= 11 is 0. The van der Waals surface area contributed by atoms with Crippen LogP contribution in [0.25, 0.3) is 0 Å². The van der Waals surface area contributed by atoms with Crippen LogP contribution in [0.3, 0.4) is 0 Å². The topological polar surface area (TPSA) is 140 Å². The number of ether oxygens (including phenoxy) is 4. The minimum absolute atomic E-state index is 0.103. The zero-order chi connectivity index (χ0) is 37.2. The fourth-order valence-corrected chi connectivity index (χ4v) is 11.7. The first-order valence-electron chi connectivity index (χ1n) is 19.9. The van der Waals surface area contributed by atoms with E-state index < -0.39 is 71.6 Å². The zero-order valence-electron chi connectivity index (χ0n) is 31.3. The van der Waals surface area contributed by atoms with Crippen molar-refractivity contribution in [1.82, 2.24) is 0 Å². The summed E-state index contributed by atoms with van der Waals surface area (Å²) < 4.78 is 26.7. The summed E-state index contributed by atoms with van der Waals surface area (Å²) in [6.45, 7) is 10.9. The van der Waals surface area contributed by atoms with Gasteiger partial charge >= 0.3 is 0 Å². The second kappa shape index (κ2) is 14.4. The molecule has 3 saturated carbocycles. The molecule has 2 aromatic rings. The van der Waals surface area contributed by atoms with Crippen LogP contribution >= 0.6 is 0 Å². The Kier molecular flexibility index (Phi) is 10.2. The number of hydrogen-bond donors (Lipinski definition) is 4. The third-order valence-corrected chi connectivity index (χ3v) is 14.2. The summed E-state index contributed by atoms with van der Waals surface area (Å²) in [6.07, 6.45) is 0.417. The molecule has 2 aromatic carbocycles. The van der Waals surface area contributed by atoms with Gasteiger partial charge in [0.2, 0.25) is 0 Å². The van der Waals surface area contributed by atoms with Gasteiger partial charge in [-0.3, -0.25) is 0 Å². The second-order valence-corrected chi connectivity index (χ2v) is 17.2. The average Bonchev–Trinajstić information content (AvgIpc) is 3.85. The van der Waals surface area contributed by atoms with Gasteiger partial charge in [0.05, 0.1) is 38.4 Å². The monoisotopic (exact) mass is 734 g/mol. The van der Waals surface area contributed by atoms with Crippen molar-refractivity contribution in [3.8, 4) is 0 Å². The zero-order valence-corrected chi connectivity index (χ0v) is 31.3. The lowest BCUT2D eigenvalue weighted by Crippen LogP contribution is -2.78. The van der Waals surface area contributed by atoms with Gasteiger partial charge in [-0.15, -0.1) is 0 Å². The number of rotatable bonds is 9. The Morgan fingerprint density at radius 2 is 1.55 bits per heavy atom. The Hall–Kier alpha value is -2.22. The van der Waals surface area contributed by atoms with Crippen LogP contribution in [0.5, 0.6) is 0 Å². The van der Waals surface area contributed by atoms with Crippen LogP contribution in [0.4, 0.5) is 0 Å². The molecule has 10 nitrogen and oxygen atoms in total. The van der Waals surface area contributed by atoms with Crippen LogP contribution in [0.1, 0.15) is 76.8 Å². The van der Waals surface area contributed by atoms with E-state index in [0.717, 1.165) is 43.2 Å². The van der Waals surface area contributed by atoms with Crippen LogP contribution in [-0.4, -0.2) is 86.7 Å². The molecule has 7 aliphatic rings. The number of fused-ring (bicyclic) bond motifs is 3. The van der Waals surface area contributed by atoms with Gasteiger partial charge in [-0.2, -0.15) is 0 Å². The smallest absolute Gasteiger partial charge is 0.155 e. The van der Waals surface area contributed by atoms with Crippen molar-refractivity contribution >= 4 is 0 Å². The molecule has 0 radical (unpaired) electrons. The number of hydrogen-bond acceptors (Lipinski definition) is 10. The molecule has 10 heteroatoms. The molecule has 9 rings (SSSR count). The molecule has 290 valence electrons. The van der Waals surface area contributed by atoms with Gasteiger partial charge in [-0.25, -0.2) is 9.78 Å². The molecule has 4 aliphatic heterocycles. The summed E-state index contributed by atoms with van der Waals surface area (Å²) in [4.78, 5) is 13.6. The van der Waals surface area contributed by atoms with E-state index in [1.807, 2.05) is 67.6 Å². The predicted octanol–water partition coefficient (Wildman–Crippen LogP) is 5.25. The lowest BCUT2D eigenvalue weighted by Gasteiger charge is -2.66. The van der Waals surface area contributed by atoms with E-state index in [-0.39, 0.29) is 36.9 Å². The Labute approximate surface area is 313 Å². The molecule has 3 aliphatic carbocycles. The molecule has 1 unspecified atom stereocenters. The van der Waals surface area contributed by atoms with Crippen molar-refractivity contribution in [3.05, 3.63) is 83.9 Å². The first kappa shape index (κ1) is 37.7. The van der Waals surface area contributed by atoms with Crippen LogP contribution in [0.2, 0.25) is 0 Å². The SMILES string of the molecule is C=C(C)C12C[C@@H](COCc3ccccc3)[C@@]3(OO1)[C@@H]1[C@H]2O[C@H](O)CCCCCC[C@@H](C)[C@H]2[C@H](C)[C@H](OCc4ccccc4)[C@@](O)([C@H](O)[C@@]4(CO)O[C@@H]14)[C@@H]23. The van der Waals surface area contributed by atoms with Crippen molar-refractivity contribution in [2.75, 3.05) is 13.2 Å². The Morgan fingerprint density at radius 3 is 2.21 bits per heavy atom. The van der Waals surface area contributed by atoms with Crippen LogP contribution in [-0.2, 0) is 41.9 Å². The van der Waals surface area contributed by atoms with Gasteiger partial charge in [-0.05, 0) is 60.6 Å². The predicted molar refractivity (Wildman–Crippen MR) is 195 cm³/mol. The Balaban J connectivity index is 1.31. The third kappa shape index (κ3) is 5.82. The van der Waals surface area contributed by atoms with Gasteiger partial charge in [0.15, 0.2) is 11.9 Å². The normalized spacial score (nSPS) is 46.2. The number of epoxide rings is 1. The molecular formula is C43H58O10. The fourth-order valence-electron chi connectivity index (χ4n) is 11.7. The summed E-state index contributed by atoms with van der Waals surface area (Å²) in [7, 11) is 0. The van der Waals surface area contributed by atoms with Gasteiger partial charge in [0, 0.05) is 11.8 Å². The second-order valence-electron chi connectivity index (χ2n) is 17.2. The van der Waals surface area contributed by atoms with Crippen molar-refractivity contribution in [3.63, 3.8) is 0 Å². The molecule has 15 atom stereocenters. The third-order valence-electron chi connectivity index (χ3n) is 14.2. The highest BCUT2D eigenvalue weighted by Crippen LogP contribution is 2.73. The van der Waals surface area contributed by atoms with Crippen molar-refractivity contribution < 1.29 is 49.1 Å². The maximum Gasteiger partial charge on any atom is 0.155 e. The largest absolute Gasteiger partial charge is 0.393 e. The first-order valence-corrected chi connectivity index (χ1v) is 19.9. The summed E-state index contributed by atoms with van der Waals surface area (Å²) in [5.74, 6) is -2.15. The van der Waals surface area contributed by atoms with Gasteiger partial charge in [0.1, 0.15) is 35.1 Å². The molecule has 1 spiro atoms. The summed E-state index contributed by atoms with van der Waals surface area (Å²) in [5.41, 5.74) is -3.36. The van der Waals surface area contributed by atoms with E-state index in [2.05, 4.69) is 20.4 Å². The van der Waals surface area contributed by atoms with E-state index in [1.165, 1.54) is 0 Å². The highest BCUT2D eigenvalue weighted by atomic mass is 17.2. The maximum absolute atomic E-state index is 13.7. The Bertz CT molecular complexity index is 1590. The molecule has 5 bridgehead atoms. The average molecular weight is 735 g/mol. The van der Waals surface area contributed by atoms with Gasteiger partial charge in [-0.1, -0.05) is 107 Å². The van der Waals surface area contributed by atoms with Gasteiger partial charge < -0.3 is 39.4 Å². The molecule has 53 heavy (non-hydrogen) atoms. The molecule has 4 saturated heterocycles. The number of benzene rings is 2. The molecule has 4 N–H and O–H groups in total. The minimum Gasteiger partial charge on any atom is -0.393 e. The molecule has 7 fully saturated rings. The van der Waals surface area contributed by atoms with E-state index >= 15 is 0 Å². The van der Waals surface area contributed by atoms with E-state index in [9.17, 15) is 20.4 Å². The summed E-state index contributed by atoms with van der Waals surface area (Å²) in [6, 6.07) is 19.8. The van der Waals surface area contributed by atoms with E-state index in [4.69, 9.17) is 28.7 Å². The molecule has 0 aromatic heterocycles. The maximum atomic E-state index is 13.7. The van der Waals surface area contributed by atoms with E-state index in [1.54, 1.807) is 0 Å². The van der Waals surface area contributed by atoms with Gasteiger partial charge in [0.25, 0.3) is 0 Å². The van der Waals surface area contributed by atoms with Crippen molar-refractivity contribution in [2.24, 2.45) is 35.5 Å². The lowest BCUT2D eigenvalue weighted by atomic mass is 9.51. The minimum atomic E-state index is -1.94. The van der Waals surface area contributed by atoms with E-state index in [0.29, 0.717) is 25.0 Å². The van der Waals surface area contributed by atoms with Crippen LogP contribution in [0, 0.1) is 35.5 Å². The fraction of sp³-hybridized carbons (Fsp3) is 0.674. The Morgan fingerprint density at radius 1 is 0.887 bits per heavy atom. The van der Waals surface area contributed by atoms with Crippen molar-refractivity contribution in [2.45, 2.75) is 132 Å². The highest BCUT2D eigenvalue weighted by molar-refractivity contribution is 5.37. The van der Waals surface area contributed by atoms with Crippen LogP contribution < -0.4 is 0 Å². The summed E-state index contributed by atoms with van der Waals surface area (Å²) in [5, 5.41) is 49.2. The quantitative estimate of drug-likeness (QED) is 0.154. The highest BCUT2D eigenvalue weighted by Gasteiger charge is 2.88. The lowest BCUT2D eigenvalue weighted by molar-refractivity contribution is -0.529. The van der Waals surface area contributed by atoms with Crippen molar-refractivity contribution in [1.29, 1.82) is 0 Å². The molecule has 4 heterocycles. The van der Waals surface area contributed by atoms with Crippen LogP contribution in [0.15, 0.2) is 72.8 Å².